The minimum absolute atomic E-state index is 0.0784. The Bertz CT molecular complexity index is 2530. The van der Waals surface area contributed by atoms with E-state index in [1.54, 1.807) is 57.3 Å². The predicted molar refractivity (Wildman–Crippen MR) is 248 cm³/mol. The summed E-state index contributed by atoms with van der Waals surface area (Å²) < 4.78 is 7.59. The molecule has 0 saturated carbocycles. The van der Waals surface area contributed by atoms with Crippen LogP contribution in [0.2, 0.25) is 0 Å². The number of aromatic hydroxyl groups is 1. The van der Waals surface area contributed by atoms with Crippen molar-refractivity contribution in [2.45, 2.75) is 56.7 Å². The van der Waals surface area contributed by atoms with E-state index in [0.717, 1.165) is 83.4 Å². The molecule has 65 heavy (non-hydrogen) atoms. The van der Waals surface area contributed by atoms with Gasteiger partial charge >= 0.3 is 12.1 Å². The molecule has 0 aliphatic carbocycles. The van der Waals surface area contributed by atoms with E-state index < -0.39 is 12.2 Å². The van der Waals surface area contributed by atoms with Crippen LogP contribution in [-0.4, -0.2) is 140 Å². The Labute approximate surface area is 379 Å². The lowest BCUT2D eigenvalue weighted by Crippen LogP contribution is -2.76. The summed E-state index contributed by atoms with van der Waals surface area (Å²) >= 11 is 0. The Balaban J connectivity index is 0.948. The van der Waals surface area contributed by atoms with Gasteiger partial charge in [-0.05, 0) is 59.4 Å². The van der Waals surface area contributed by atoms with E-state index in [9.17, 15) is 24.3 Å². The molecule has 4 aliphatic heterocycles. The maximum Gasteiger partial charge on any atom is 0.334 e. The summed E-state index contributed by atoms with van der Waals surface area (Å²) in [6, 6.07) is 29.2. The summed E-state index contributed by atoms with van der Waals surface area (Å²) in [6.45, 7) is 8.07. The number of methoxy groups -OCH3 is 1. The minimum atomic E-state index is -0.912. The zero-order valence-electron chi connectivity index (χ0n) is 37.0. The Morgan fingerprint density at radius 1 is 0.877 bits per heavy atom. The maximum absolute atomic E-state index is 14.8. The van der Waals surface area contributed by atoms with E-state index in [2.05, 4.69) is 38.9 Å². The molecule has 0 spiro atoms. The quantitative estimate of drug-likeness (QED) is 0.137. The summed E-state index contributed by atoms with van der Waals surface area (Å²) in [5.41, 5.74) is 6.26. The number of phenolic OH excluding ortho intramolecular Hbond substituents is 1. The van der Waals surface area contributed by atoms with Gasteiger partial charge in [0.15, 0.2) is 0 Å². The number of benzene rings is 4. The van der Waals surface area contributed by atoms with Gasteiger partial charge in [-0.3, -0.25) is 14.5 Å². The smallest absolute Gasteiger partial charge is 0.334 e. The van der Waals surface area contributed by atoms with Crippen molar-refractivity contribution >= 4 is 40.5 Å². The SMILES string of the molecule is C=CCN1CC(=O)N2[C@@H](Cc3ccc(O)cc3)C(=O)N(Cc3cccc4c(-c5ccc(NC(=O)N6CC(N7CCC(OC)CC7)C6)cc5)cn(C)c34)C[C@@H]2N1C(=O)NCc1ccccc1. The third-order valence-electron chi connectivity index (χ3n) is 13.4. The second-order valence-corrected chi connectivity index (χ2v) is 17.5. The Hall–Kier alpha value is -6.68. The summed E-state index contributed by atoms with van der Waals surface area (Å²) in [4.78, 5) is 64.0. The van der Waals surface area contributed by atoms with E-state index in [1.807, 2.05) is 78.7 Å². The number of para-hydroxylation sites is 1. The number of hydrazine groups is 1. The fourth-order valence-electron chi connectivity index (χ4n) is 9.93. The number of piperazine rings is 1. The highest BCUT2D eigenvalue weighted by molar-refractivity contribution is 5.99. The number of aryl methyl sites for hydroxylation is 1. The average Bonchev–Trinajstić information content (AvgIpc) is 3.64. The van der Waals surface area contributed by atoms with Gasteiger partial charge in [-0.15, -0.1) is 6.58 Å². The van der Waals surface area contributed by atoms with Crippen molar-refractivity contribution in [2.75, 3.05) is 58.2 Å². The molecular weight excluding hydrogens is 823 g/mol. The number of aromatic nitrogens is 1. The molecule has 4 saturated heterocycles. The third-order valence-corrected chi connectivity index (χ3v) is 13.4. The molecular formula is C50H57N9O6. The lowest BCUT2D eigenvalue weighted by molar-refractivity contribution is -0.189. The van der Waals surface area contributed by atoms with Gasteiger partial charge in [0.05, 0.1) is 24.7 Å². The zero-order chi connectivity index (χ0) is 45.2. The second kappa shape index (κ2) is 18.8. The number of nitrogens with zero attached hydrogens (tertiary/aromatic N) is 7. The molecule has 5 aromatic rings. The van der Waals surface area contributed by atoms with Gasteiger partial charge in [0.25, 0.3) is 0 Å². The molecule has 338 valence electrons. The van der Waals surface area contributed by atoms with E-state index in [0.29, 0.717) is 12.1 Å². The first-order valence-corrected chi connectivity index (χ1v) is 22.4. The zero-order valence-corrected chi connectivity index (χ0v) is 37.0. The Morgan fingerprint density at radius 2 is 1.62 bits per heavy atom. The molecule has 15 nitrogen and oxygen atoms in total. The van der Waals surface area contributed by atoms with Crippen LogP contribution >= 0.6 is 0 Å². The molecule has 5 heterocycles. The molecule has 2 atom stereocenters. The highest BCUT2D eigenvalue weighted by atomic mass is 16.5. The highest BCUT2D eigenvalue weighted by Gasteiger charge is 2.51. The largest absolute Gasteiger partial charge is 0.508 e. The summed E-state index contributed by atoms with van der Waals surface area (Å²) in [6.07, 6.45) is 5.51. The van der Waals surface area contributed by atoms with Gasteiger partial charge in [-0.1, -0.05) is 78.9 Å². The molecule has 9 rings (SSSR count). The summed E-state index contributed by atoms with van der Waals surface area (Å²) in [7, 11) is 3.77. The number of carbonyl (C=O) groups is 4. The van der Waals surface area contributed by atoms with Crippen LogP contribution in [0.5, 0.6) is 5.75 Å². The van der Waals surface area contributed by atoms with Gasteiger partial charge in [-0.2, -0.15) is 0 Å². The van der Waals surface area contributed by atoms with Crippen LogP contribution in [0.25, 0.3) is 22.0 Å². The molecule has 3 N–H and O–H groups in total. The fourth-order valence-corrected chi connectivity index (χ4v) is 9.93. The van der Waals surface area contributed by atoms with Gasteiger partial charge in [0, 0.05) is 95.3 Å². The molecule has 0 radical (unpaired) electrons. The number of hydrogen-bond donors (Lipinski definition) is 3. The van der Waals surface area contributed by atoms with Crippen molar-refractivity contribution in [3.63, 3.8) is 0 Å². The molecule has 0 unspecified atom stereocenters. The second-order valence-electron chi connectivity index (χ2n) is 17.5. The van der Waals surface area contributed by atoms with Gasteiger partial charge in [0.2, 0.25) is 11.8 Å². The van der Waals surface area contributed by atoms with Crippen molar-refractivity contribution in [3.05, 3.63) is 133 Å². The first-order chi connectivity index (χ1) is 31.6. The van der Waals surface area contributed by atoms with E-state index in [1.165, 1.54) is 0 Å². The van der Waals surface area contributed by atoms with Gasteiger partial charge < -0.3 is 39.7 Å². The van der Waals surface area contributed by atoms with Gasteiger partial charge in [-0.25, -0.2) is 19.6 Å². The van der Waals surface area contributed by atoms with E-state index in [-0.39, 0.29) is 68.8 Å². The Kier molecular flexibility index (Phi) is 12.6. The van der Waals surface area contributed by atoms with E-state index >= 15 is 0 Å². The molecule has 4 aliphatic rings. The molecule has 0 bridgehead atoms. The standard InChI is InChI=1S/C50H57N9O6/c1-4-23-57-33-46(61)58-44(26-34-13-19-40(60)20-14-34)48(62)55(32-45(58)59(57)49(63)51-27-35-9-6-5-7-10-35)28-37-11-8-12-42-43(31-53(2)47(37)42)36-15-17-38(18-16-36)52-50(64)56-29-39(30-56)54-24-21-41(65-3)22-25-54/h4-20,31,39,41,44-45,60H,1,21-30,32-33H2,2-3H3,(H,51,63)(H,52,64)/t44-,45-/m0/s1. The monoisotopic (exact) mass is 879 g/mol. The maximum atomic E-state index is 14.8. The van der Waals surface area contributed by atoms with Crippen LogP contribution in [0, 0.1) is 0 Å². The van der Waals surface area contributed by atoms with Crippen LogP contribution in [-0.2, 0) is 40.9 Å². The minimum Gasteiger partial charge on any atom is -0.508 e. The number of amides is 6. The first-order valence-electron chi connectivity index (χ1n) is 22.4. The third kappa shape index (κ3) is 9.04. The molecule has 4 aromatic carbocycles. The number of likely N-dealkylation sites (tertiary alicyclic amines) is 2. The number of fused-ring (bicyclic) bond motifs is 2. The van der Waals surface area contributed by atoms with Crippen molar-refractivity contribution < 1.29 is 29.0 Å². The van der Waals surface area contributed by atoms with Crippen LogP contribution in [0.3, 0.4) is 0 Å². The summed E-state index contributed by atoms with van der Waals surface area (Å²) in [5, 5.41) is 20.4. The van der Waals surface area contributed by atoms with Crippen molar-refractivity contribution in [1.29, 1.82) is 0 Å². The number of anilines is 1. The molecule has 15 heteroatoms. The molecule has 1 aromatic heterocycles. The Morgan fingerprint density at radius 3 is 2.32 bits per heavy atom. The molecule has 4 fully saturated rings. The number of ether oxygens (including phenoxy) is 1. The van der Waals surface area contributed by atoms with Crippen molar-refractivity contribution in [1.82, 2.24) is 39.5 Å². The molecule has 6 amide bonds. The van der Waals surface area contributed by atoms with Gasteiger partial charge in [0.1, 0.15) is 18.0 Å². The number of hydrogen-bond acceptors (Lipinski definition) is 8. The van der Waals surface area contributed by atoms with Crippen LogP contribution in [0.15, 0.2) is 116 Å². The number of nitrogens with one attached hydrogen (secondary N) is 2. The number of piperidine rings is 1. The topological polar surface area (TPSA) is 146 Å². The number of rotatable bonds is 12. The number of carbonyl (C=O) groups excluding carboxylic acids is 4. The fraction of sp³-hybridized carbons (Fsp3) is 0.360. The number of phenols is 1. The summed E-state index contributed by atoms with van der Waals surface area (Å²) in [5.74, 6) is -0.389. The van der Waals surface area contributed by atoms with Crippen molar-refractivity contribution in [3.8, 4) is 16.9 Å². The van der Waals surface area contributed by atoms with Crippen LogP contribution < -0.4 is 10.6 Å². The number of urea groups is 2. The first kappa shape index (κ1) is 43.6. The van der Waals surface area contributed by atoms with Crippen LogP contribution in [0.4, 0.5) is 15.3 Å². The lowest BCUT2D eigenvalue weighted by atomic mass is 9.97. The highest BCUT2D eigenvalue weighted by Crippen LogP contribution is 2.35. The normalized spacial score (nSPS) is 19.9. The van der Waals surface area contributed by atoms with Crippen LogP contribution in [0.1, 0.15) is 29.5 Å². The lowest BCUT2D eigenvalue weighted by Gasteiger charge is -2.55. The van der Waals surface area contributed by atoms with Crippen molar-refractivity contribution in [2.24, 2.45) is 7.05 Å². The average molecular weight is 880 g/mol. The van der Waals surface area contributed by atoms with E-state index in [4.69, 9.17) is 4.74 Å². The predicted octanol–water partition coefficient (Wildman–Crippen LogP) is 5.61.